The van der Waals surface area contributed by atoms with Crippen LogP contribution < -0.4 is 11.1 Å². The molecule has 1 saturated carbocycles. The molecule has 0 spiro atoms. The quantitative estimate of drug-likeness (QED) is 0.784. The first-order valence-corrected chi connectivity index (χ1v) is 8.81. The summed E-state index contributed by atoms with van der Waals surface area (Å²) in [4.78, 5) is 26.1. The second-order valence-corrected chi connectivity index (χ2v) is 7.19. The minimum absolute atomic E-state index is 0. The highest BCUT2D eigenvalue weighted by atomic mass is 35.5. The Labute approximate surface area is 160 Å². The van der Waals surface area contributed by atoms with Crippen molar-refractivity contribution in [2.75, 3.05) is 25.5 Å². The summed E-state index contributed by atoms with van der Waals surface area (Å²) in [6.45, 7) is 0.549. The van der Waals surface area contributed by atoms with E-state index in [1.54, 1.807) is 31.3 Å². The summed E-state index contributed by atoms with van der Waals surface area (Å²) in [5.41, 5.74) is 6.48. The van der Waals surface area contributed by atoms with Gasteiger partial charge in [0.25, 0.3) is 0 Å². The number of anilines is 1. The zero-order valence-corrected chi connectivity index (χ0v) is 16.2. The number of halogens is 2. The molecule has 1 aliphatic carbocycles. The molecule has 0 aromatic heterocycles. The van der Waals surface area contributed by atoms with Crippen molar-refractivity contribution in [1.82, 2.24) is 4.90 Å². The zero-order valence-electron chi connectivity index (χ0n) is 14.6. The maximum absolute atomic E-state index is 12.5. The number of nitrogens with zero attached hydrogens (tertiary/aromatic N) is 1. The summed E-state index contributed by atoms with van der Waals surface area (Å²) < 4.78 is 0. The van der Waals surface area contributed by atoms with Crippen molar-refractivity contribution in [2.24, 2.45) is 11.1 Å². The van der Waals surface area contributed by atoms with Gasteiger partial charge in [-0.05, 0) is 43.0 Å². The van der Waals surface area contributed by atoms with E-state index in [0.717, 1.165) is 25.7 Å². The first-order valence-electron chi connectivity index (χ1n) is 8.44. The van der Waals surface area contributed by atoms with Crippen molar-refractivity contribution in [2.45, 2.75) is 38.5 Å². The molecule has 0 heterocycles. The van der Waals surface area contributed by atoms with Crippen LogP contribution >= 0.6 is 24.0 Å². The van der Waals surface area contributed by atoms with Gasteiger partial charge in [0.15, 0.2) is 0 Å². The van der Waals surface area contributed by atoms with Gasteiger partial charge in [-0.3, -0.25) is 9.59 Å². The first kappa shape index (κ1) is 21.7. The maximum atomic E-state index is 12.5. The van der Waals surface area contributed by atoms with Crippen molar-refractivity contribution in [3.63, 3.8) is 0 Å². The van der Waals surface area contributed by atoms with Crippen LogP contribution in [-0.4, -0.2) is 36.9 Å². The second kappa shape index (κ2) is 10.00. The summed E-state index contributed by atoms with van der Waals surface area (Å²) in [5, 5.41) is 3.31. The lowest BCUT2D eigenvalue weighted by Crippen LogP contribution is -2.41. The molecular formula is C18H27Cl2N3O2. The Kier molecular flexibility index (Phi) is 8.69. The molecule has 7 heteroatoms. The number of hydrogen-bond donors (Lipinski definition) is 2. The average molecular weight is 388 g/mol. The molecule has 0 bridgehead atoms. The Morgan fingerprint density at radius 1 is 1.28 bits per heavy atom. The van der Waals surface area contributed by atoms with E-state index in [-0.39, 0.29) is 36.2 Å². The molecule has 0 saturated heterocycles. The first-order chi connectivity index (χ1) is 11.4. The van der Waals surface area contributed by atoms with Crippen LogP contribution in [0.4, 0.5) is 5.69 Å². The molecule has 0 aliphatic heterocycles. The van der Waals surface area contributed by atoms with Crippen molar-refractivity contribution in [3.8, 4) is 0 Å². The summed E-state index contributed by atoms with van der Waals surface area (Å²) in [6.07, 6.45) is 5.89. The predicted molar refractivity (Wildman–Crippen MR) is 104 cm³/mol. The van der Waals surface area contributed by atoms with Crippen molar-refractivity contribution in [3.05, 3.63) is 29.3 Å². The molecule has 0 radical (unpaired) electrons. The fraction of sp³-hybridized carbons (Fsp3) is 0.556. The molecule has 3 N–H and O–H groups in total. The highest BCUT2D eigenvalue weighted by Gasteiger charge is 2.34. The van der Waals surface area contributed by atoms with Gasteiger partial charge in [-0.1, -0.05) is 36.9 Å². The Balaban J connectivity index is 0.00000312. The molecule has 0 atom stereocenters. The third kappa shape index (κ3) is 6.49. The van der Waals surface area contributed by atoms with E-state index in [1.807, 2.05) is 0 Å². The number of likely N-dealkylation sites (N-methyl/N-ethyl adjacent to an activating group) is 1. The number of rotatable bonds is 6. The Morgan fingerprint density at radius 3 is 2.56 bits per heavy atom. The van der Waals surface area contributed by atoms with E-state index in [2.05, 4.69) is 5.32 Å². The van der Waals surface area contributed by atoms with Gasteiger partial charge in [-0.2, -0.15) is 0 Å². The second-order valence-electron chi connectivity index (χ2n) is 6.75. The topological polar surface area (TPSA) is 75.4 Å². The SMILES string of the molecule is CN(CC(=O)Nc1cccc(Cl)c1)C(=O)CC1(CN)CCCCC1.Cl. The van der Waals surface area contributed by atoms with Crippen LogP contribution in [0.15, 0.2) is 24.3 Å². The fourth-order valence-electron chi connectivity index (χ4n) is 3.28. The molecule has 1 aromatic carbocycles. The number of carbonyl (C=O) groups is 2. The number of amides is 2. The maximum Gasteiger partial charge on any atom is 0.243 e. The normalized spacial score (nSPS) is 15.8. The molecule has 25 heavy (non-hydrogen) atoms. The van der Waals surface area contributed by atoms with E-state index in [4.69, 9.17) is 17.3 Å². The highest BCUT2D eigenvalue weighted by molar-refractivity contribution is 6.30. The molecule has 5 nitrogen and oxygen atoms in total. The molecule has 0 unspecified atom stereocenters. The molecule has 1 aliphatic rings. The van der Waals surface area contributed by atoms with Crippen LogP contribution in [0.1, 0.15) is 38.5 Å². The molecule has 1 fully saturated rings. The van der Waals surface area contributed by atoms with Gasteiger partial charge in [-0.25, -0.2) is 0 Å². The minimum Gasteiger partial charge on any atom is -0.336 e. The van der Waals surface area contributed by atoms with E-state index in [0.29, 0.717) is 23.7 Å². The number of benzene rings is 1. The Morgan fingerprint density at radius 2 is 1.96 bits per heavy atom. The molecule has 2 rings (SSSR count). The van der Waals surface area contributed by atoms with Crippen LogP contribution in [0.3, 0.4) is 0 Å². The zero-order chi connectivity index (χ0) is 17.6. The predicted octanol–water partition coefficient (Wildman–Crippen LogP) is 3.46. The summed E-state index contributed by atoms with van der Waals surface area (Å²) in [7, 11) is 1.66. The van der Waals surface area contributed by atoms with Crippen LogP contribution in [0.2, 0.25) is 5.02 Å². The van der Waals surface area contributed by atoms with Gasteiger partial charge in [0.05, 0.1) is 6.54 Å². The molecule has 2 amide bonds. The van der Waals surface area contributed by atoms with Gasteiger partial charge in [-0.15, -0.1) is 12.4 Å². The third-order valence-electron chi connectivity index (χ3n) is 4.79. The third-order valence-corrected chi connectivity index (χ3v) is 5.02. The van der Waals surface area contributed by atoms with Gasteiger partial charge in [0, 0.05) is 24.2 Å². The van der Waals surface area contributed by atoms with Crippen molar-refractivity contribution >= 4 is 41.5 Å². The van der Waals surface area contributed by atoms with Gasteiger partial charge in [0.2, 0.25) is 11.8 Å². The number of nitrogens with one attached hydrogen (secondary N) is 1. The molecular weight excluding hydrogens is 361 g/mol. The van der Waals surface area contributed by atoms with Gasteiger partial charge < -0.3 is 16.0 Å². The van der Waals surface area contributed by atoms with Crippen molar-refractivity contribution in [1.29, 1.82) is 0 Å². The average Bonchev–Trinajstić information content (AvgIpc) is 2.55. The molecule has 1 aromatic rings. The number of carbonyl (C=O) groups excluding carboxylic acids is 2. The van der Waals surface area contributed by atoms with Crippen molar-refractivity contribution < 1.29 is 9.59 Å². The lowest BCUT2D eigenvalue weighted by Gasteiger charge is -2.36. The van der Waals surface area contributed by atoms with E-state index in [1.165, 1.54) is 11.3 Å². The van der Waals surface area contributed by atoms with Gasteiger partial charge >= 0.3 is 0 Å². The summed E-state index contributed by atoms with van der Waals surface area (Å²) in [5.74, 6) is -0.262. The number of hydrogen-bond acceptors (Lipinski definition) is 3. The smallest absolute Gasteiger partial charge is 0.243 e. The van der Waals surface area contributed by atoms with E-state index < -0.39 is 0 Å². The molecule has 140 valence electrons. The number of nitrogens with two attached hydrogens (primary N) is 1. The van der Waals surface area contributed by atoms with E-state index in [9.17, 15) is 9.59 Å². The van der Waals surface area contributed by atoms with E-state index >= 15 is 0 Å². The van der Waals surface area contributed by atoms with Crippen LogP contribution in [0.5, 0.6) is 0 Å². The van der Waals surface area contributed by atoms with Crippen LogP contribution in [0.25, 0.3) is 0 Å². The van der Waals surface area contributed by atoms with Crippen LogP contribution in [0, 0.1) is 5.41 Å². The monoisotopic (exact) mass is 387 g/mol. The lowest BCUT2D eigenvalue weighted by atomic mass is 9.71. The lowest BCUT2D eigenvalue weighted by molar-refractivity contribution is -0.135. The summed E-state index contributed by atoms with van der Waals surface area (Å²) >= 11 is 5.90. The largest absolute Gasteiger partial charge is 0.336 e. The summed E-state index contributed by atoms with van der Waals surface area (Å²) in [6, 6.07) is 6.94. The highest BCUT2D eigenvalue weighted by Crippen LogP contribution is 2.38. The Bertz CT molecular complexity index is 589. The standard InChI is InChI=1S/C18H26ClN3O2.ClH/c1-22(12-16(23)21-15-7-5-6-14(19)10-15)17(24)11-18(13-20)8-3-2-4-9-18;/h5-7,10H,2-4,8-9,11-13,20H2,1H3,(H,21,23);1H. The minimum atomic E-state index is -0.237. The van der Waals surface area contributed by atoms with Gasteiger partial charge in [0.1, 0.15) is 0 Å². The Hall–Kier alpha value is -1.30. The fourth-order valence-corrected chi connectivity index (χ4v) is 3.47. The van der Waals surface area contributed by atoms with Crippen LogP contribution in [-0.2, 0) is 9.59 Å².